The monoisotopic (exact) mass is 195 g/mol. The Kier molecular flexibility index (Phi) is 3.37. The quantitative estimate of drug-likeness (QED) is 0.347. The van der Waals surface area contributed by atoms with Crippen molar-refractivity contribution in [1.82, 2.24) is 4.31 Å². The van der Waals surface area contributed by atoms with Crippen molar-refractivity contribution in [2.24, 2.45) is 0 Å². The molecule has 0 bridgehead atoms. The Morgan fingerprint density at radius 1 is 1.58 bits per heavy atom. The molecule has 6 nitrogen and oxygen atoms in total. The molecule has 0 aliphatic carbocycles. The van der Waals surface area contributed by atoms with Crippen LogP contribution in [0.15, 0.2) is 12.2 Å². The fraction of sp³-hybridized carbons (Fsp3) is 0.400. The number of aliphatic hydroxyl groups excluding tert-OH is 1. The van der Waals surface area contributed by atoms with Gasteiger partial charge in [0.05, 0.1) is 0 Å². The molecule has 12 heavy (non-hydrogen) atoms. The third kappa shape index (κ3) is 2.61. The van der Waals surface area contributed by atoms with Crippen LogP contribution in [0.1, 0.15) is 6.92 Å². The lowest BCUT2D eigenvalue weighted by molar-refractivity contribution is -0.125. The number of carbonyl (C=O) groups is 1. The van der Waals surface area contributed by atoms with Crippen molar-refractivity contribution in [3.8, 4) is 0 Å². The van der Waals surface area contributed by atoms with E-state index < -0.39 is 22.9 Å². The molecule has 0 saturated carbocycles. The molecule has 0 aromatic heterocycles. The van der Waals surface area contributed by atoms with Crippen molar-refractivity contribution in [2.45, 2.75) is 6.92 Å². The van der Waals surface area contributed by atoms with Crippen molar-refractivity contribution in [1.29, 1.82) is 0 Å². The molecule has 0 aliphatic heterocycles. The van der Waals surface area contributed by atoms with E-state index in [1.165, 1.54) is 6.92 Å². The lowest BCUT2D eigenvalue weighted by Crippen LogP contribution is -2.37. The van der Waals surface area contributed by atoms with Crippen molar-refractivity contribution in [3.63, 3.8) is 0 Å². The fourth-order valence-electron chi connectivity index (χ4n) is 0.455. The summed E-state index contributed by atoms with van der Waals surface area (Å²) >= 11 is 0. The van der Waals surface area contributed by atoms with Crippen LogP contribution in [0.5, 0.6) is 0 Å². The normalized spacial score (nSPS) is 10.9. The molecule has 0 aromatic rings. The smallest absolute Gasteiger partial charge is 0.364 e. The zero-order valence-corrected chi connectivity index (χ0v) is 7.21. The largest absolute Gasteiger partial charge is 0.375 e. The highest BCUT2D eigenvalue weighted by molar-refractivity contribution is 7.84. The van der Waals surface area contributed by atoms with E-state index in [1.54, 1.807) is 0 Å². The number of nitrogens with zero attached hydrogens (tertiary/aromatic N) is 1. The molecular formula is C5H9NO5S. The Labute approximate surface area is 70.0 Å². The minimum Gasteiger partial charge on any atom is -0.375 e. The third-order valence-corrected chi connectivity index (χ3v) is 1.84. The van der Waals surface area contributed by atoms with Crippen molar-refractivity contribution in [3.05, 3.63) is 12.2 Å². The van der Waals surface area contributed by atoms with Gasteiger partial charge in [-0.3, -0.25) is 9.35 Å². The van der Waals surface area contributed by atoms with E-state index in [-0.39, 0.29) is 9.88 Å². The summed E-state index contributed by atoms with van der Waals surface area (Å²) in [5.41, 5.74) is -0.0957. The van der Waals surface area contributed by atoms with Crippen molar-refractivity contribution < 1.29 is 22.9 Å². The second-order valence-corrected chi connectivity index (χ2v) is 3.39. The van der Waals surface area contributed by atoms with E-state index in [9.17, 15) is 13.2 Å². The van der Waals surface area contributed by atoms with Gasteiger partial charge < -0.3 is 5.11 Å². The van der Waals surface area contributed by atoms with Gasteiger partial charge in [-0.05, 0) is 6.92 Å². The first-order valence-corrected chi connectivity index (χ1v) is 4.26. The molecule has 0 rings (SSSR count). The first kappa shape index (κ1) is 11.1. The number of aliphatic hydroxyl groups is 1. The molecule has 0 aromatic carbocycles. The molecule has 0 saturated heterocycles. The van der Waals surface area contributed by atoms with E-state index in [0.717, 1.165) is 0 Å². The van der Waals surface area contributed by atoms with Crippen LogP contribution in [0, 0.1) is 0 Å². The average molecular weight is 195 g/mol. The van der Waals surface area contributed by atoms with Gasteiger partial charge in [-0.15, -0.1) is 0 Å². The second kappa shape index (κ2) is 3.65. The lowest BCUT2D eigenvalue weighted by atomic mass is 10.3. The third-order valence-electron chi connectivity index (χ3n) is 0.999. The molecule has 7 heteroatoms. The van der Waals surface area contributed by atoms with Crippen molar-refractivity contribution in [2.75, 3.05) is 6.73 Å². The SMILES string of the molecule is C=C(C)C(=O)N(CO)S(=O)(=O)O. The molecule has 0 unspecified atom stereocenters. The molecule has 0 radical (unpaired) electrons. The predicted molar refractivity (Wildman–Crippen MR) is 40.3 cm³/mol. The van der Waals surface area contributed by atoms with Crippen LogP contribution in [0.25, 0.3) is 0 Å². The topological polar surface area (TPSA) is 94.9 Å². The molecule has 0 aliphatic rings. The second-order valence-electron chi connectivity index (χ2n) is 2.05. The van der Waals surface area contributed by atoms with E-state index >= 15 is 0 Å². The first-order valence-electron chi connectivity index (χ1n) is 2.86. The highest BCUT2D eigenvalue weighted by Gasteiger charge is 2.24. The number of hydrogen-bond acceptors (Lipinski definition) is 4. The molecule has 0 fully saturated rings. The highest BCUT2D eigenvalue weighted by Crippen LogP contribution is 2.02. The molecule has 0 atom stereocenters. The number of carbonyl (C=O) groups excluding carboxylic acids is 1. The summed E-state index contributed by atoms with van der Waals surface area (Å²) in [5, 5.41) is 8.41. The maximum atomic E-state index is 10.8. The molecule has 0 spiro atoms. The first-order chi connectivity index (χ1) is 5.30. The van der Waals surface area contributed by atoms with Gasteiger partial charge >= 0.3 is 10.3 Å². The summed E-state index contributed by atoms with van der Waals surface area (Å²) in [7, 11) is -4.69. The van der Waals surface area contributed by atoms with Gasteiger partial charge in [0.15, 0.2) is 0 Å². The van der Waals surface area contributed by atoms with Crippen LogP contribution in [-0.2, 0) is 15.1 Å². The van der Waals surface area contributed by atoms with E-state index in [4.69, 9.17) is 9.66 Å². The summed E-state index contributed by atoms with van der Waals surface area (Å²) in [6.45, 7) is 3.31. The van der Waals surface area contributed by atoms with E-state index in [2.05, 4.69) is 6.58 Å². The maximum absolute atomic E-state index is 10.8. The van der Waals surface area contributed by atoms with E-state index in [0.29, 0.717) is 0 Å². The summed E-state index contributed by atoms with van der Waals surface area (Å²) in [4.78, 5) is 10.8. The van der Waals surface area contributed by atoms with E-state index in [1.807, 2.05) is 0 Å². The summed E-state index contributed by atoms with van der Waals surface area (Å²) < 4.78 is 29.0. The summed E-state index contributed by atoms with van der Waals surface area (Å²) in [6.07, 6.45) is 0. The standard InChI is InChI=1S/C5H9NO5S/c1-4(2)5(8)6(3-7)12(9,10)11/h7H,1,3H2,2H3,(H,9,10,11). The average Bonchev–Trinajstić information content (AvgIpc) is 1.85. The van der Waals surface area contributed by atoms with Gasteiger partial charge in [-0.25, -0.2) is 0 Å². The van der Waals surface area contributed by atoms with Crippen LogP contribution in [-0.4, -0.2) is 35.0 Å². The molecular weight excluding hydrogens is 186 g/mol. The zero-order chi connectivity index (χ0) is 9.94. The molecule has 0 heterocycles. The molecule has 70 valence electrons. The fourth-order valence-corrected chi connectivity index (χ4v) is 0.966. The summed E-state index contributed by atoms with van der Waals surface area (Å²) in [6, 6.07) is 0. The number of hydrogen-bond donors (Lipinski definition) is 2. The van der Waals surface area contributed by atoms with Crippen LogP contribution in [0.4, 0.5) is 0 Å². The maximum Gasteiger partial charge on any atom is 0.364 e. The molecule has 1 amide bonds. The van der Waals surface area contributed by atoms with Crippen LogP contribution in [0.3, 0.4) is 0 Å². The van der Waals surface area contributed by atoms with Gasteiger partial charge in [-0.1, -0.05) is 6.58 Å². The van der Waals surface area contributed by atoms with Gasteiger partial charge in [0.1, 0.15) is 6.73 Å². The Bertz CT molecular complexity index is 293. The summed E-state index contributed by atoms with van der Waals surface area (Å²) in [5.74, 6) is -1.04. The van der Waals surface area contributed by atoms with Crippen LogP contribution < -0.4 is 0 Å². The number of amides is 1. The Hall–Kier alpha value is -0.920. The Morgan fingerprint density at radius 3 is 2.08 bits per heavy atom. The Morgan fingerprint density at radius 2 is 2.00 bits per heavy atom. The molecule has 2 N–H and O–H groups in total. The Balaban J connectivity index is 4.83. The van der Waals surface area contributed by atoms with Gasteiger partial charge in [0.2, 0.25) is 0 Å². The lowest BCUT2D eigenvalue weighted by Gasteiger charge is -2.14. The van der Waals surface area contributed by atoms with Crippen LogP contribution >= 0.6 is 0 Å². The van der Waals surface area contributed by atoms with Gasteiger partial charge in [-0.2, -0.15) is 12.7 Å². The number of rotatable bonds is 3. The van der Waals surface area contributed by atoms with Crippen molar-refractivity contribution >= 4 is 16.2 Å². The predicted octanol–water partition coefficient (Wildman–Crippen LogP) is -0.856. The zero-order valence-electron chi connectivity index (χ0n) is 6.39. The van der Waals surface area contributed by atoms with Gasteiger partial charge in [0, 0.05) is 5.57 Å². The minimum atomic E-state index is -4.69. The van der Waals surface area contributed by atoms with Gasteiger partial charge in [0.25, 0.3) is 5.91 Å². The highest BCUT2D eigenvalue weighted by atomic mass is 32.2. The minimum absolute atomic E-state index is 0.0957. The van der Waals surface area contributed by atoms with Crippen LogP contribution in [0.2, 0.25) is 0 Å².